The van der Waals surface area contributed by atoms with Crippen LogP contribution in [0, 0.1) is 0 Å². The molecule has 10 nitrogen and oxygen atoms in total. The van der Waals surface area contributed by atoms with Crippen LogP contribution in [0.4, 0.5) is 4.79 Å². The molecular weight excluding hydrogens is 346 g/mol. The average Bonchev–Trinajstić information content (AvgIpc) is 2.92. The number of methoxy groups -OCH3 is 1. The second kappa shape index (κ2) is 8.84. The zero-order valence-electron chi connectivity index (χ0n) is 15.5. The minimum atomic E-state index is -1.15. The lowest BCUT2D eigenvalue weighted by molar-refractivity contribution is -0.154. The fraction of sp³-hybridized carbons (Fsp3) is 0.750. The van der Waals surface area contributed by atoms with Crippen molar-refractivity contribution in [3.8, 4) is 0 Å². The van der Waals surface area contributed by atoms with Gasteiger partial charge in [0.2, 0.25) is 5.91 Å². The molecule has 4 N–H and O–H groups in total. The standard InChI is InChI=1S/C16H27N3O7/c1-16(2,3)26-15(24)18-10(8-17)13(22)19-9(7-12(20)21)5-6-11(19)14(23)25-4/h9-11H,5-8,17H2,1-4H3,(H,18,24)(H,20,21)/t9-,10+,11+/m1/s1. The third-order valence-corrected chi connectivity index (χ3v) is 3.87. The van der Waals surface area contributed by atoms with Crippen LogP contribution in [0.3, 0.4) is 0 Å². The second-order valence-corrected chi connectivity index (χ2v) is 7.05. The summed E-state index contributed by atoms with van der Waals surface area (Å²) in [6.07, 6.45) is -0.533. The Kier molecular flexibility index (Phi) is 7.37. The molecule has 1 aliphatic rings. The van der Waals surface area contributed by atoms with E-state index in [1.807, 2.05) is 0 Å². The van der Waals surface area contributed by atoms with Crippen molar-refractivity contribution in [1.82, 2.24) is 10.2 Å². The number of esters is 1. The van der Waals surface area contributed by atoms with E-state index in [1.165, 1.54) is 7.11 Å². The average molecular weight is 373 g/mol. The predicted molar refractivity (Wildman–Crippen MR) is 90.1 cm³/mol. The van der Waals surface area contributed by atoms with E-state index in [9.17, 15) is 19.2 Å². The summed E-state index contributed by atoms with van der Waals surface area (Å²) < 4.78 is 9.81. The highest BCUT2D eigenvalue weighted by atomic mass is 16.6. The lowest BCUT2D eigenvalue weighted by Crippen LogP contribution is -2.57. The van der Waals surface area contributed by atoms with Crippen LogP contribution in [0.2, 0.25) is 0 Å². The van der Waals surface area contributed by atoms with Crippen molar-refractivity contribution in [2.24, 2.45) is 5.73 Å². The Hall–Kier alpha value is -2.36. The molecule has 148 valence electrons. The number of carbonyl (C=O) groups is 4. The summed E-state index contributed by atoms with van der Waals surface area (Å²) in [4.78, 5) is 49.0. The first-order chi connectivity index (χ1) is 12.0. The van der Waals surface area contributed by atoms with Crippen LogP contribution in [0.5, 0.6) is 0 Å². The number of likely N-dealkylation sites (tertiary alicyclic amines) is 1. The van der Waals surface area contributed by atoms with Gasteiger partial charge >= 0.3 is 18.0 Å². The van der Waals surface area contributed by atoms with Crippen LogP contribution >= 0.6 is 0 Å². The summed E-state index contributed by atoms with van der Waals surface area (Å²) >= 11 is 0. The Labute approximate surface area is 152 Å². The molecule has 0 bridgehead atoms. The molecule has 0 radical (unpaired) electrons. The van der Waals surface area contributed by atoms with Gasteiger partial charge < -0.3 is 30.5 Å². The topological polar surface area (TPSA) is 148 Å². The quantitative estimate of drug-likeness (QED) is 0.544. The zero-order valence-corrected chi connectivity index (χ0v) is 15.5. The van der Waals surface area contributed by atoms with Gasteiger partial charge in [0.05, 0.1) is 13.5 Å². The van der Waals surface area contributed by atoms with Crippen LogP contribution in [0.15, 0.2) is 0 Å². The summed E-state index contributed by atoms with van der Waals surface area (Å²) in [6.45, 7) is 4.77. The van der Waals surface area contributed by atoms with Crippen molar-refractivity contribution in [3.05, 3.63) is 0 Å². The number of amides is 2. The number of carbonyl (C=O) groups excluding carboxylic acids is 3. The van der Waals surface area contributed by atoms with E-state index in [1.54, 1.807) is 20.8 Å². The number of ether oxygens (including phenoxy) is 2. The van der Waals surface area contributed by atoms with Crippen LogP contribution < -0.4 is 11.1 Å². The van der Waals surface area contributed by atoms with E-state index in [0.717, 1.165) is 4.90 Å². The van der Waals surface area contributed by atoms with Gasteiger partial charge in [-0.15, -0.1) is 0 Å². The van der Waals surface area contributed by atoms with Gasteiger partial charge in [-0.25, -0.2) is 9.59 Å². The summed E-state index contributed by atoms with van der Waals surface area (Å²) in [5.41, 5.74) is 4.84. The van der Waals surface area contributed by atoms with Crippen molar-refractivity contribution in [2.45, 2.75) is 63.8 Å². The van der Waals surface area contributed by atoms with Crippen LogP contribution in [0.1, 0.15) is 40.0 Å². The molecule has 3 atom stereocenters. The van der Waals surface area contributed by atoms with E-state index < -0.39 is 47.7 Å². The van der Waals surface area contributed by atoms with Gasteiger partial charge in [-0.05, 0) is 33.6 Å². The number of carboxylic acid groups (broad SMARTS) is 1. The Morgan fingerprint density at radius 2 is 1.88 bits per heavy atom. The van der Waals surface area contributed by atoms with E-state index in [4.69, 9.17) is 20.3 Å². The number of nitrogens with one attached hydrogen (secondary N) is 1. The van der Waals surface area contributed by atoms with Gasteiger partial charge in [-0.2, -0.15) is 0 Å². The number of nitrogens with zero attached hydrogens (tertiary/aromatic N) is 1. The first-order valence-electron chi connectivity index (χ1n) is 8.31. The molecule has 1 saturated heterocycles. The maximum Gasteiger partial charge on any atom is 0.408 e. The maximum atomic E-state index is 12.9. The molecule has 1 heterocycles. The number of hydrogen-bond donors (Lipinski definition) is 3. The minimum Gasteiger partial charge on any atom is -0.481 e. The molecule has 1 rings (SSSR count). The van der Waals surface area contributed by atoms with E-state index in [0.29, 0.717) is 6.42 Å². The Morgan fingerprint density at radius 3 is 2.35 bits per heavy atom. The lowest BCUT2D eigenvalue weighted by Gasteiger charge is -2.32. The number of carboxylic acids is 1. The van der Waals surface area contributed by atoms with Crippen molar-refractivity contribution in [1.29, 1.82) is 0 Å². The van der Waals surface area contributed by atoms with Crippen LogP contribution in [-0.2, 0) is 23.9 Å². The van der Waals surface area contributed by atoms with Gasteiger partial charge in [0, 0.05) is 12.6 Å². The molecule has 1 aliphatic heterocycles. The molecule has 0 saturated carbocycles. The molecule has 0 unspecified atom stereocenters. The Balaban J connectivity index is 2.98. The predicted octanol–water partition coefficient (Wildman–Crippen LogP) is -0.154. The van der Waals surface area contributed by atoms with Crippen molar-refractivity contribution in [2.75, 3.05) is 13.7 Å². The normalized spacial score (nSPS) is 21.0. The first-order valence-corrected chi connectivity index (χ1v) is 8.31. The van der Waals surface area contributed by atoms with Gasteiger partial charge in [0.1, 0.15) is 17.7 Å². The smallest absolute Gasteiger partial charge is 0.408 e. The highest BCUT2D eigenvalue weighted by Gasteiger charge is 2.44. The van der Waals surface area contributed by atoms with Gasteiger partial charge in [-0.1, -0.05) is 0 Å². The number of alkyl carbamates (subject to hydrolysis) is 1. The molecule has 0 spiro atoms. The van der Waals surface area contributed by atoms with Crippen LogP contribution in [0.25, 0.3) is 0 Å². The number of hydrogen-bond acceptors (Lipinski definition) is 7. The summed E-state index contributed by atoms with van der Waals surface area (Å²) in [5.74, 6) is -2.38. The summed E-state index contributed by atoms with van der Waals surface area (Å²) in [7, 11) is 1.19. The minimum absolute atomic E-state index is 0.234. The zero-order chi connectivity index (χ0) is 20.1. The molecule has 0 aliphatic carbocycles. The fourth-order valence-electron chi connectivity index (χ4n) is 2.84. The van der Waals surface area contributed by atoms with Crippen molar-refractivity contribution < 1.29 is 33.8 Å². The third kappa shape index (κ3) is 5.87. The molecule has 1 fully saturated rings. The van der Waals surface area contributed by atoms with Crippen molar-refractivity contribution >= 4 is 23.9 Å². The van der Waals surface area contributed by atoms with Crippen LogP contribution in [-0.4, -0.2) is 71.3 Å². The monoisotopic (exact) mass is 373 g/mol. The second-order valence-electron chi connectivity index (χ2n) is 7.05. The highest BCUT2D eigenvalue weighted by Crippen LogP contribution is 2.28. The molecular formula is C16H27N3O7. The first kappa shape index (κ1) is 21.7. The number of nitrogens with two attached hydrogens (primary N) is 1. The summed E-state index contributed by atoms with van der Waals surface area (Å²) in [5, 5.41) is 11.4. The molecule has 2 amide bonds. The Morgan fingerprint density at radius 1 is 1.27 bits per heavy atom. The molecule has 0 aromatic carbocycles. The summed E-state index contributed by atoms with van der Waals surface area (Å²) in [6, 6.07) is -2.74. The number of aliphatic carboxylic acids is 1. The fourth-order valence-corrected chi connectivity index (χ4v) is 2.84. The largest absolute Gasteiger partial charge is 0.481 e. The van der Waals surface area contributed by atoms with Gasteiger partial charge in [0.15, 0.2) is 0 Å². The molecule has 0 aromatic heterocycles. The third-order valence-electron chi connectivity index (χ3n) is 3.87. The van der Waals surface area contributed by atoms with Gasteiger partial charge in [0.25, 0.3) is 0 Å². The van der Waals surface area contributed by atoms with E-state index in [-0.39, 0.29) is 19.4 Å². The Bertz CT molecular complexity index is 559. The molecule has 26 heavy (non-hydrogen) atoms. The van der Waals surface area contributed by atoms with E-state index >= 15 is 0 Å². The maximum absolute atomic E-state index is 12.9. The lowest BCUT2D eigenvalue weighted by atomic mass is 10.1. The molecule has 0 aromatic rings. The highest BCUT2D eigenvalue weighted by molar-refractivity contribution is 5.91. The van der Waals surface area contributed by atoms with Gasteiger partial charge in [-0.3, -0.25) is 9.59 Å². The van der Waals surface area contributed by atoms with E-state index in [2.05, 4.69) is 5.32 Å². The SMILES string of the molecule is COC(=O)[C@@H]1CC[C@H](CC(=O)O)N1C(=O)[C@H](CN)NC(=O)OC(C)(C)C. The van der Waals surface area contributed by atoms with Crippen molar-refractivity contribution in [3.63, 3.8) is 0 Å². The number of rotatable bonds is 6. The molecule has 10 heteroatoms.